The Bertz CT molecular complexity index is 554. The second kappa shape index (κ2) is 5.92. The summed E-state index contributed by atoms with van der Waals surface area (Å²) in [4.78, 5) is 14.3. The highest BCUT2D eigenvalue weighted by Crippen LogP contribution is 2.26. The van der Waals surface area contributed by atoms with Crippen LogP contribution in [0.15, 0.2) is 24.3 Å². The van der Waals surface area contributed by atoms with Crippen molar-refractivity contribution in [3.05, 3.63) is 35.4 Å². The van der Waals surface area contributed by atoms with Gasteiger partial charge in [0.1, 0.15) is 5.75 Å². The number of likely N-dealkylation sites (tertiary alicyclic amines) is 1. The minimum atomic E-state index is 0.130. The van der Waals surface area contributed by atoms with Gasteiger partial charge in [-0.05, 0) is 47.6 Å². The van der Waals surface area contributed by atoms with E-state index in [2.05, 4.69) is 19.9 Å². The van der Waals surface area contributed by atoms with Gasteiger partial charge in [0.25, 0.3) is 0 Å². The fourth-order valence-electron chi connectivity index (χ4n) is 3.43. The third-order valence-electron chi connectivity index (χ3n) is 4.31. The summed E-state index contributed by atoms with van der Waals surface area (Å²) in [6.45, 7) is 6.97. The van der Waals surface area contributed by atoms with Crippen LogP contribution in [0.25, 0.3) is 6.08 Å². The Morgan fingerprint density at radius 3 is 2.81 bits per heavy atom. The molecule has 2 aliphatic heterocycles. The molecule has 0 spiro atoms. The minimum Gasteiger partial charge on any atom is -0.493 e. The highest BCUT2D eigenvalue weighted by Gasteiger charge is 2.24. The predicted octanol–water partition coefficient (Wildman–Crippen LogP) is 3.14. The number of amides is 1. The van der Waals surface area contributed by atoms with E-state index in [-0.39, 0.29) is 5.91 Å². The van der Waals surface area contributed by atoms with Gasteiger partial charge in [-0.1, -0.05) is 19.9 Å². The summed E-state index contributed by atoms with van der Waals surface area (Å²) >= 11 is 0. The van der Waals surface area contributed by atoms with E-state index in [0.717, 1.165) is 37.4 Å². The zero-order valence-corrected chi connectivity index (χ0v) is 12.8. The van der Waals surface area contributed by atoms with Gasteiger partial charge in [-0.15, -0.1) is 0 Å². The lowest BCUT2D eigenvalue weighted by molar-refractivity contribution is -0.128. The van der Waals surface area contributed by atoms with Crippen molar-refractivity contribution in [1.82, 2.24) is 4.90 Å². The molecule has 0 radical (unpaired) electrons. The summed E-state index contributed by atoms with van der Waals surface area (Å²) in [5, 5.41) is 0. The molecular formula is C18H23NO2. The van der Waals surface area contributed by atoms with Crippen LogP contribution in [0.2, 0.25) is 0 Å². The lowest BCUT2D eigenvalue weighted by Crippen LogP contribution is -2.41. The third-order valence-corrected chi connectivity index (χ3v) is 4.31. The van der Waals surface area contributed by atoms with E-state index in [1.54, 1.807) is 6.08 Å². The molecule has 1 amide bonds. The standard InChI is InChI=1S/C18H23NO2/c1-13-9-14(2)12-19(11-13)18(20)6-4-15-3-5-17-16(10-15)7-8-21-17/h3-6,10,13-14H,7-9,11-12H2,1-2H3. The van der Waals surface area contributed by atoms with Crippen LogP contribution in [-0.4, -0.2) is 30.5 Å². The Balaban J connectivity index is 1.66. The van der Waals surface area contributed by atoms with Gasteiger partial charge in [-0.3, -0.25) is 4.79 Å². The Hall–Kier alpha value is -1.77. The van der Waals surface area contributed by atoms with Crippen molar-refractivity contribution in [3.63, 3.8) is 0 Å². The Kier molecular flexibility index (Phi) is 4.00. The molecule has 1 aromatic rings. The monoisotopic (exact) mass is 285 g/mol. The Labute approximate surface area is 126 Å². The molecule has 2 atom stereocenters. The van der Waals surface area contributed by atoms with Gasteiger partial charge in [-0.2, -0.15) is 0 Å². The van der Waals surface area contributed by atoms with Gasteiger partial charge >= 0.3 is 0 Å². The predicted molar refractivity (Wildman–Crippen MR) is 84.2 cm³/mol. The van der Waals surface area contributed by atoms with Crippen molar-refractivity contribution in [2.75, 3.05) is 19.7 Å². The van der Waals surface area contributed by atoms with E-state index in [1.165, 1.54) is 12.0 Å². The Morgan fingerprint density at radius 2 is 2.05 bits per heavy atom. The fraction of sp³-hybridized carbons (Fsp3) is 0.500. The lowest BCUT2D eigenvalue weighted by atomic mass is 9.92. The first-order valence-corrected chi connectivity index (χ1v) is 7.84. The molecule has 0 bridgehead atoms. The average Bonchev–Trinajstić information content (AvgIpc) is 2.91. The molecule has 0 aliphatic carbocycles. The van der Waals surface area contributed by atoms with Crippen molar-refractivity contribution >= 4 is 12.0 Å². The number of hydrogen-bond acceptors (Lipinski definition) is 2. The molecule has 3 heteroatoms. The van der Waals surface area contributed by atoms with Crippen molar-refractivity contribution in [2.24, 2.45) is 11.8 Å². The van der Waals surface area contributed by atoms with Crippen LogP contribution < -0.4 is 4.74 Å². The smallest absolute Gasteiger partial charge is 0.246 e. The molecule has 1 aromatic carbocycles. The second-order valence-corrected chi connectivity index (χ2v) is 6.49. The summed E-state index contributed by atoms with van der Waals surface area (Å²) in [7, 11) is 0. The number of fused-ring (bicyclic) bond motifs is 1. The van der Waals surface area contributed by atoms with Crippen LogP contribution in [0.1, 0.15) is 31.4 Å². The number of carbonyl (C=O) groups excluding carboxylic acids is 1. The van der Waals surface area contributed by atoms with Crippen LogP contribution in [0, 0.1) is 11.8 Å². The molecule has 112 valence electrons. The van der Waals surface area contributed by atoms with Crippen LogP contribution >= 0.6 is 0 Å². The van der Waals surface area contributed by atoms with Gasteiger partial charge in [-0.25, -0.2) is 0 Å². The first-order valence-electron chi connectivity index (χ1n) is 7.84. The van der Waals surface area contributed by atoms with Crippen LogP contribution in [0.4, 0.5) is 0 Å². The van der Waals surface area contributed by atoms with Crippen LogP contribution in [0.5, 0.6) is 5.75 Å². The minimum absolute atomic E-state index is 0.130. The number of benzene rings is 1. The summed E-state index contributed by atoms with van der Waals surface area (Å²) < 4.78 is 5.50. The molecule has 2 aliphatic rings. The number of ether oxygens (including phenoxy) is 1. The van der Waals surface area contributed by atoms with E-state index in [1.807, 2.05) is 23.1 Å². The topological polar surface area (TPSA) is 29.5 Å². The van der Waals surface area contributed by atoms with Gasteiger partial charge < -0.3 is 9.64 Å². The third kappa shape index (κ3) is 3.29. The van der Waals surface area contributed by atoms with Gasteiger partial charge in [0.2, 0.25) is 5.91 Å². The molecule has 2 unspecified atom stereocenters. The van der Waals surface area contributed by atoms with Crippen molar-refractivity contribution in [3.8, 4) is 5.75 Å². The molecule has 3 rings (SSSR count). The SMILES string of the molecule is CC1CC(C)CN(C(=O)C=Cc2ccc3c(c2)CCO3)C1. The van der Waals surface area contributed by atoms with E-state index >= 15 is 0 Å². The highest BCUT2D eigenvalue weighted by atomic mass is 16.5. The molecule has 0 aromatic heterocycles. The summed E-state index contributed by atoms with van der Waals surface area (Å²) in [6.07, 6.45) is 5.82. The molecule has 1 saturated heterocycles. The van der Waals surface area contributed by atoms with E-state index in [0.29, 0.717) is 11.8 Å². The zero-order chi connectivity index (χ0) is 14.8. The Morgan fingerprint density at radius 1 is 1.29 bits per heavy atom. The quantitative estimate of drug-likeness (QED) is 0.781. The summed E-state index contributed by atoms with van der Waals surface area (Å²) in [6, 6.07) is 6.13. The fourth-order valence-corrected chi connectivity index (χ4v) is 3.43. The normalized spacial score (nSPS) is 25.0. The summed E-state index contributed by atoms with van der Waals surface area (Å²) in [5.41, 5.74) is 2.32. The first kappa shape index (κ1) is 14.2. The second-order valence-electron chi connectivity index (χ2n) is 6.49. The average molecular weight is 285 g/mol. The van der Waals surface area contributed by atoms with Crippen LogP contribution in [0.3, 0.4) is 0 Å². The number of nitrogens with zero attached hydrogens (tertiary/aromatic N) is 1. The maximum atomic E-state index is 12.3. The van der Waals surface area contributed by atoms with Gasteiger partial charge in [0, 0.05) is 25.6 Å². The molecular weight excluding hydrogens is 262 g/mol. The largest absolute Gasteiger partial charge is 0.493 e. The van der Waals surface area contributed by atoms with Crippen molar-refractivity contribution in [2.45, 2.75) is 26.7 Å². The first-order chi connectivity index (χ1) is 10.1. The van der Waals surface area contributed by atoms with E-state index in [4.69, 9.17) is 4.74 Å². The van der Waals surface area contributed by atoms with Gasteiger partial charge in [0.15, 0.2) is 0 Å². The molecule has 0 N–H and O–H groups in total. The van der Waals surface area contributed by atoms with Crippen molar-refractivity contribution < 1.29 is 9.53 Å². The zero-order valence-electron chi connectivity index (χ0n) is 12.8. The van der Waals surface area contributed by atoms with Crippen molar-refractivity contribution in [1.29, 1.82) is 0 Å². The number of rotatable bonds is 2. The van der Waals surface area contributed by atoms with E-state index in [9.17, 15) is 4.79 Å². The van der Waals surface area contributed by atoms with Gasteiger partial charge in [0.05, 0.1) is 6.61 Å². The molecule has 0 saturated carbocycles. The summed E-state index contributed by atoms with van der Waals surface area (Å²) in [5.74, 6) is 2.31. The molecule has 2 heterocycles. The number of carbonyl (C=O) groups is 1. The van der Waals surface area contributed by atoms with E-state index < -0.39 is 0 Å². The maximum Gasteiger partial charge on any atom is 0.246 e. The van der Waals surface area contributed by atoms with Crippen LogP contribution in [-0.2, 0) is 11.2 Å². The number of hydrogen-bond donors (Lipinski definition) is 0. The molecule has 1 fully saturated rings. The highest BCUT2D eigenvalue weighted by molar-refractivity contribution is 5.91. The lowest BCUT2D eigenvalue weighted by Gasteiger charge is -2.34. The molecule has 21 heavy (non-hydrogen) atoms. The maximum absolute atomic E-state index is 12.3. The molecule has 3 nitrogen and oxygen atoms in total. The number of piperidine rings is 1.